The van der Waals surface area contributed by atoms with E-state index in [0.29, 0.717) is 30.1 Å². The normalized spacial score (nSPS) is 26.2. The molecule has 0 radical (unpaired) electrons. The highest BCUT2D eigenvalue weighted by molar-refractivity contribution is 5.75. The number of ether oxygens (including phenoxy) is 2. The number of rotatable bonds is 4. The second-order valence-corrected chi connectivity index (χ2v) is 4.55. The van der Waals surface area contributed by atoms with E-state index in [0.717, 1.165) is 0 Å². The van der Waals surface area contributed by atoms with Gasteiger partial charge in [-0.15, -0.1) is 0 Å². The van der Waals surface area contributed by atoms with Gasteiger partial charge in [-0.2, -0.15) is 4.98 Å². The van der Waals surface area contributed by atoms with E-state index in [9.17, 15) is 5.11 Å². The third-order valence-electron chi connectivity index (χ3n) is 3.30. The standard InChI is InChI=1S/C12H16N4O4/c1-2-19-12-10-11(13-5-14-12)16(6-15-10)9-3-7(18)8(4-17)20-9/h5-9,17-18H,2-4H2,1H3/t7-,8+,9+/m0/s1. The first-order chi connectivity index (χ1) is 9.74. The Kier molecular flexibility index (Phi) is 3.51. The van der Waals surface area contributed by atoms with Crippen molar-refractivity contribution in [2.45, 2.75) is 31.8 Å². The summed E-state index contributed by atoms with van der Waals surface area (Å²) in [5.74, 6) is 0.425. The summed E-state index contributed by atoms with van der Waals surface area (Å²) in [6, 6.07) is 0. The highest BCUT2D eigenvalue weighted by Gasteiger charge is 2.35. The molecule has 3 atom stereocenters. The monoisotopic (exact) mass is 280 g/mol. The smallest absolute Gasteiger partial charge is 0.245 e. The molecule has 20 heavy (non-hydrogen) atoms. The van der Waals surface area contributed by atoms with Crippen molar-refractivity contribution in [3.8, 4) is 5.88 Å². The summed E-state index contributed by atoms with van der Waals surface area (Å²) in [6.45, 7) is 2.14. The Morgan fingerprint density at radius 1 is 1.45 bits per heavy atom. The molecule has 1 aliphatic rings. The van der Waals surface area contributed by atoms with Gasteiger partial charge in [0.1, 0.15) is 18.7 Å². The molecular weight excluding hydrogens is 264 g/mol. The molecule has 2 N–H and O–H groups in total. The lowest BCUT2D eigenvalue weighted by Crippen LogP contribution is -2.24. The Morgan fingerprint density at radius 2 is 2.30 bits per heavy atom. The van der Waals surface area contributed by atoms with Crippen molar-refractivity contribution in [1.29, 1.82) is 0 Å². The van der Waals surface area contributed by atoms with E-state index in [4.69, 9.17) is 14.6 Å². The fraction of sp³-hybridized carbons (Fsp3) is 0.583. The molecule has 8 heteroatoms. The van der Waals surface area contributed by atoms with Crippen LogP contribution in [0.25, 0.3) is 11.2 Å². The highest BCUT2D eigenvalue weighted by Crippen LogP contribution is 2.31. The van der Waals surface area contributed by atoms with Gasteiger partial charge < -0.3 is 19.7 Å². The molecule has 2 aromatic rings. The van der Waals surface area contributed by atoms with Gasteiger partial charge in [-0.05, 0) is 6.92 Å². The highest BCUT2D eigenvalue weighted by atomic mass is 16.5. The van der Waals surface area contributed by atoms with Gasteiger partial charge >= 0.3 is 0 Å². The number of hydrogen-bond donors (Lipinski definition) is 2. The second-order valence-electron chi connectivity index (χ2n) is 4.55. The van der Waals surface area contributed by atoms with Gasteiger partial charge in [0.05, 0.1) is 25.6 Å². The number of aliphatic hydroxyl groups is 2. The summed E-state index contributed by atoms with van der Waals surface area (Å²) >= 11 is 0. The third-order valence-corrected chi connectivity index (χ3v) is 3.30. The third kappa shape index (κ3) is 2.11. The zero-order valence-electron chi connectivity index (χ0n) is 11.0. The maximum atomic E-state index is 9.79. The minimum atomic E-state index is -0.698. The maximum absolute atomic E-state index is 9.79. The first-order valence-electron chi connectivity index (χ1n) is 6.49. The van der Waals surface area contributed by atoms with Crippen LogP contribution in [0.3, 0.4) is 0 Å². The molecule has 0 saturated carbocycles. The summed E-state index contributed by atoms with van der Waals surface area (Å²) in [5.41, 5.74) is 1.14. The first-order valence-corrected chi connectivity index (χ1v) is 6.49. The summed E-state index contributed by atoms with van der Waals surface area (Å²) in [4.78, 5) is 12.5. The Balaban J connectivity index is 1.95. The largest absolute Gasteiger partial charge is 0.476 e. The molecule has 0 aliphatic carbocycles. The number of hydrogen-bond acceptors (Lipinski definition) is 7. The van der Waals surface area contributed by atoms with Crippen molar-refractivity contribution in [3.63, 3.8) is 0 Å². The zero-order valence-corrected chi connectivity index (χ0v) is 11.0. The molecule has 0 amide bonds. The van der Waals surface area contributed by atoms with Crippen LogP contribution in [0, 0.1) is 0 Å². The van der Waals surface area contributed by atoms with E-state index in [-0.39, 0.29) is 6.61 Å². The average Bonchev–Trinajstić information content (AvgIpc) is 3.03. The molecular formula is C12H16N4O4. The molecule has 0 aromatic carbocycles. The molecule has 8 nitrogen and oxygen atoms in total. The fourth-order valence-corrected chi connectivity index (χ4v) is 2.33. The van der Waals surface area contributed by atoms with Crippen LogP contribution < -0.4 is 4.74 Å². The molecule has 1 fully saturated rings. The Morgan fingerprint density at radius 3 is 3.00 bits per heavy atom. The Hall–Kier alpha value is -1.77. The summed E-state index contributed by atoms with van der Waals surface area (Å²) in [5, 5.41) is 18.9. The molecule has 3 heterocycles. The Labute approximate surface area is 115 Å². The predicted octanol–water partition coefficient (Wildman–Crippen LogP) is -0.134. The molecule has 1 saturated heterocycles. The van der Waals surface area contributed by atoms with Crippen LogP contribution in [-0.4, -0.2) is 55.2 Å². The first kappa shape index (κ1) is 13.2. The van der Waals surface area contributed by atoms with Crippen LogP contribution in [0.2, 0.25) is 0 Å². The van der Waals surface area contributed by atoms with E-state index in [1.165, 1.54) is 6.33 Å². The lowest BCUT2D eigenvalue weighted by atomic mass is 10.2. The van der Waals surface area contributed by atoms with Gasteiger partial charge in [0.25, 0.3) is 0 Å². The minimum absolute atomic E-state index is 0.219. The summed E-state index contributed by atoms with van der Waals surface area (Å²) in [7, 11) is 0. The second kappa shape index (κ2) is 5.31. The van der Waals surface area contributed by atoms with Gasteiger partial charge in [-0.1, -0.05) is 0 Å². The van der Waals surface area contributed by atoms with Crippen molar-refractivity contribution in [3.05, 3.63) is 12.7 Å². The molecule has 0 spiro atoms. The lowest BCUT2D eigenvalue weighted by molar-refractivity contribution is -0.0432. The number of aliphatic hydroxyl groups excluding tert-OH is 2. The van der Waals surface area contributed by atoms with Crippen LogP contribution in [-0.2, 0) is 4.74 Å². The van der Waals surface area contributed by atoms with Crippen LogP contribution in [0.1, 0.15) is 19.6 Å². The zero-order chi connectivity index (χ0) is 14.1. The average molecular weight is 280 g/mol. The predicted molar refractivity (Wildman–Crippen MR) is 68.1 cm³/mol. The number of imidazole rings is 1. The van der Waals surface area contributed by atoms with Crippen molar-refractivity contribution in [1.82, 2.24) is 19.5 Å². The van der Waals surface area contributed by atoms with Crippen molar-refractivity contribution in [2.24, 2.45) is 0 Å². The maximum Gasteiger partial charge on any atom is 0.245 e. The molecule has 2 aromatic heterocycles. The van der Waals surface area contributed by atoms with Crippen LogP contribution in [0.4, 0.5) is 0 Å². The van der Waals surface area contributed by atoms with Gasteiger partial charge in [-0.3, -0.25) is 4.57 Å². The van der Waals surface area contributed by atoms with Gasteiger partial charge in [0.15, 0.2) is 11.2 Å². The molecule has 1 aliphatic heterocycles. The van der Waals surface area contributed by atoms with E-state index in [2.05, 4.69) is 15.0 Å². The van der Waals surface area contributed by atoms with Crippen LogP contribution in [0.5, 0.6) is 5.88 Å². The molecule has 0 unspecified atom stereocenters. The van der Waals surface area contributed by atoms with Crippen molar-refractivity contribution < 1.29 is 19.7 Å². The van der Waals surface area contributed by atoms with Gasteiger partial charge in [-0.25, -0.2) is 9.97 Å². The van der Waals surface area contributed by atoms with E-state index in [1.807, 2.05) is 6.92 Å². The van der Waals surface area contributed by atoms with Crippen molar-refractivity contribution >= 4 is 11.2 Å². The quantitative estimate of drug-likeness (QED) is 0.803. The van der Waals surface area contributed by atoms with E-state index >= 15 is 0 Å². The molecule has 3 rings (SSSR count). The van der Waals surface area contributed by atoms with Gasteiger partial charge in [0, 0.05) is 6.42 Å². The van der Waals surface area contributed by atoms with Crippen LogP contribution in [0.15, 0.2) is 12.7 Å². The van der Waals surface area contributed by atoms with Crippen LogP contribution >= 0.6 is 0 Å². The summed E-state index contributed by atoms with van der Waals surface area (Å²) in [6.07, 6.45) is 1.68. The number of aromatic nitrogens is 4. The minimum Gasteiger partial charge on any atom is -0.476 e. The lowest BCUT2D eigenvalue weighted by Gasteiger charge is -2.13. The SMILES string of the molecule is CCOc1ncnc2c1ncn2[C@H]1C[C@H](O)[C@@H](CO)O1. The Bertz CT molecular complexity index is 602. The number of nitrogens with zero attached hydrogens (tertiary/aromatic N) is 4. The molecule has 108 valence electrons. The van der Waals surface area contributed by atoms with E-state index < -0.39 is 18.4 Å². The van der Waals surface area contributed by atoms with E-state index in [1.54, 1.807) is 10.9 Å². The fourth-order valence-electron chi connectivity index (χ4n) is 2.33. The van der Waals surface area contributed by atoms with Crippen molar-refractivity contribution in [2.75, 3.05) is 13.2 Å². The summed E-state index contributed by atoms with van der Waals surface area (Å²) < 4.78 is 12.7. The topological polar surface area (TPSA) is 103 Å². The molecule has 0 bridgehead atoms. The van der Waals surface area contributed by atoms with Gasteiger partial charge in [0.2, 0.25) is 5.88 Å². The number of fused-ring (bicyclic) bond motifs is 1.